The van der Waals surface area contributed by atoms with Crippen LogP contribution in [0, 0.1) is 9.39 Å². The number of rotatable bonds is 2. The predicted molar refractivity (Wildman–Crippen MR) is 91.2 cm³/mol. The zero-order valence-corrected chi connectivity index (χ0v) is 13.9. The second kappa shape index (κ2) is 6.18. The quantitative estimate of drug-likeness (QED) is 0.404. The zero-order valence-electron chi connectivity index (χ0n) is 11.0. The van der Waals surface area contributed by atoms with Gasteiger partial charge < -0.3 is 4.74 Å². The molecule has 0 aromatic heterocycles. The van der Waals surface area contributed by atoms with E-state index in [2.05, 4.69) is 27.6 Å². The van der Waals surface area contributed by atoms with Gasteiger partial charge in [0.1, 0.15) is 5.82 Å². The molecular weight excluding hydrogens is 420 g/mol. The fraction of sp³-hybridized carbons (Fsp3) is 0. The number of cyclic esters (lactones) is 1. The maximum atomic E-state index is 13.6. The number of hydrogen-bond donors (Lipinski definition) is 0. The SMILES string of the molecule is O=C1OC(c2cc(I)ccc2Cl)=N/C1=C\c1ccccc1F. The molecule has 0 atom stereocenters. The lowest BCUT2D eigenvalue weighted by atomic mass is 10.2. The molecular formula is C16H8ClFINO2. The Morgan fingerprint density at radius 2 is 2.00 bits per heavy atom. The van der Waals surface area contributed by atoms with Crippen molar-refractivity contribution in [3.8, 4) is 0 Å². The van der Waals surface area contributed by atoms with Crippen LogP contribution in [0.15, 0.2) is 53.2 Å². The standard InChI is InChI=1S/C16H8ClFINO2/c17-12-6-5-10(19)8-11(12)15-20-14(16(21)22-15)7-9-3-1-2-4-13(9)18/h1-8H/b14-7-. The van der Waals surface area contributed by atoms with Crippen molar-refractivity contribution in [3.05, 3.63) is 73.7 Å². The lowest BCUT2D eigenvalue weighted by molar-refractivity contribution is -0.129. The van der Waals surface area contributed by atoms with Gasteiger partial charge in [-0.05, 0) is 52.9 Å². The van der Waals surface area contributed by atoms with Crippen molar-refractivity contribution in [3.63, 3.8) is 0 Å². The van der Waals surface area contributed by atoms with Gasteiger partial charge in [-0.25, -0.2) is 14.2 Å². The minimum Gasteiger partial charge on any atom is -0.402 e. The molecule has 1 aliphatic rings. The normalized spacial score (nSPS) is 15.9. The summed E-state index contributed by atoms with van der Waals surface area (Å²) in [5.41, 5.74) is 0.835. The molecule has 110 valence electrons. The fourth-order valence-corrected chi connectivity index (χ4v) is 2.61. The zero-order chi connectivity index (χ0) is 15.7. The van der Waals surface area contributed by atoms with Gasteiger partial charge in [-0.1, -0.05) is 29.8 Å². The minimum atomic E-state index is -0.631. The number of hydrogen-bond acceptors (Lipinski definition) is 3. The topological polar surface area (TPSA) is 38.7 Å². The lowest BCUT2D eigenvalue weighted by Crippen LogP contribution is -2.06. The predicted octanol–water partition coefficient (Wildman–Crippen LogP) is 4.43. The highest BCUT2D eigenvalue weighted by Crippen LogP contribution is 2.25. The van der Waals surface area contributed by atoms with E-state index in [1.165, 1.54) is 12.1 Å². The van der Waals surface area contributed by atoms with Crippen molar-refractivity contribution in [2.24, 2.45) is 4.99 Å². The molecule has 0 radical (unpaired) electrons. The van der Waals surface area contributed by atoms with Gasteiger partial charge in [0.05, 0.1) is 10.6 Å². The number of esters is 1. The average Bonchev–Trinajstić information content (AvgIpc) is 2.85. The summed E-state index contributed by atoms with van der Waals surface area (Å²) < 4.78 is 19.7. The highest BCUT2D eigenvalue weighted by molar-refractivity contribution is 14.1. The summed E-state index contributed by atoms with van der Waals surface area (Å²) in [5.74, 6) is -0.942. The Bertz CT molecular complexity index is 833. The van der Waals surface area contributed by atoms with Crippen molar-refractivity contribution in [2.45, 2.75) is 0 Å². The van der Waals surface area contributed by atoms with Crippen LogP contribution in [-0.4, -0.2) is 11.9 Å². The third-order valence-corrected chi connectivity index (χ3v) is 3.98. The van der Waals surface area contributed by atoms with Crippen molar-refractivity contribution in [1.29, 1.82) is 0 Å². The Labute approximate surface area is 144 Å². The van der Waals surface area contributed by atoms with Gasteiger partial charge in [0.15, 0.2) is 5.70 Å². The number of ether oxygens (including phenoxy) is 1. The number of aliphatic imine (C=N–C) groups is 1. The third kappa shape index (κ3) is 3.05. The monoisotopic (exact) mass is 427 g/mol. The van der Waals surface area contributed by atoms with Gasteiger partial charge in [0, 0.05) is 9.13 Å². The molecule has 0 aliphatic carbocycles. The number of halogens is 3. The van der Waals surface area contributed by atoms with Crippen LogP contribution in [0.1, 0.15) is 11.1 Å². The fourth-order valence-electron chi connectivity index (χ4n) is 1.93. The van der Waals surface area contributed by atoms with Gasteiger partial charge in [-0.15, -0.1) is 0 Å². The summed E-state index contributed by atoms with van der Waals surface area (Å²) in [6.07, 6.45) is 1.35. The average molecular weight is 428 g/mol. The van der Waals surface area contributed by atoms with Crippen LogP contribution in [0.4, 0.5) is 4.39 Å². The molecule has 6 heteroatoms. The van der Waals surface area contributed by atoms with Crippen molar-refractivity contribution >= 4 is 52.1 Å². The van der Waals surface area contributed by atoms with E-state index in [1.807, 2.05) is 6.07 Å². The van der Waals surface area contributed by atoms with Gasteiger partial charge in [-0.3, -0.25) is 0 Å². The van der Waals surface area contributed by atoms with Crippen molar-refractivity contribution in [2.75, 3.05) is 0 Å². The third-order valence-electron chi connectivity index (χ3n) is 2.98. The first kappa shape index (κ1) is 15.2. The largest absolute Gasteiger partial charge is 0.402 e. The molecule has 0 N–H and O–H groups in total. The second-order valence-corrected chi connectivity index (χ2v) is 6.13. The second-order valence-electron chi connectivity index (χ2n) is 4.48. The molecule has 1 aliphatic heterocycles. The lowest BCUT2D eigenvalue weighted by Gasteiger charge is -2.02. The maximum Gasteiger partial charge on any atom is 0.363 e. The molecule has 0 bridgehead atoms. The Kier molecular flexibility index (Phi) is 4.26. The van der Waals surface area contributed by atoms with Gasteiger partial charge in [0.25, 0.3) is 0 Å². The van der Waals surface area contributed by atoms with E-state index >= 15 is 0 Å². The maximum absolute atomic E-state index is 13.6. The van der Waals surface area contributed by atoms with Crippen molar-refractivity contribution < 1.29 is 13.9 Å². The Balaban J connectivity index is 2.02. The first-order chi connectivity index (χ1) is 10.5. The highest BCUT2D eigenvalue weighted by atomic mass is 127. The van der Waals surface area contributed by atoms with E-state index in [1.54, 1.807) is 30.3 Å². The van der Waals surface area contributed by atoms with E-state index in [9.17, 15) is 9.18 Å². The summed E-state index contributed by atoms with van der Waals surface area (Å²) >= 11 is 8.23. The van der Waals surface area contributed by atoms with Crippen LogP contribution in [-0.2, 0) is 9.53 Å². The number of benzene rings is 2. The number of nitrogens with zero attached hydrogens (tertiary/aromatic N) is 1. The summed E-state index contributed by atoms with van der Waals surface area (Å²) in [5, 5.41) is 0.430. The number of carbonyl (C=O) groups is 1. The molecule has 2 aromatic rings. The molecule has 22 heavy (non-hydrogen) atoms. The summed E-state index contributed by atoms with van der Waals surface area (Å²) in [6, 6.07) is 11.4. The van der Waals surface area contributed by atoms with Gasteiger partial charge in [0.2, 0.25) is 5.90 Å². The van der Waals surface area contributed by atoms with Gasteiger partial charge in [-0.2, -0.15) is 0 Å². The first-order valence-corrected chi connectivity index (χ1v) is 7.73. The molecule has 0 unspecified atom stereocenters. The number of carbonyl (C=O) groups excluding carboxylic acids is 1. The Morgan fingerprint density at radius 1 is 1.23 bits per heavy atom. The van der Waals surface area contributed by atoms with E-state index < -0.39 is 11.8 Å². The Hall–Kier alpha value is -1.73. The first-order valence-electron chi connectivity index (χ1n) is 6.27. The van der Waals surface area contributed by atoms with Gasteiger partial charge >= 0.3 is 5.97 Å². The van der Waals surface area contributed by atoms with Crippen LogP contribution in [0.25, 0.3) is 6.08 Å². The van der Waals surface area contributed by atoms with E-state index in [0.29, 0.717) is 10.6 Å². The molecule has 3 rings (SSSR count). The molecule has 3 nitrogen and oxygen atoms in total. The van der Waals surface area contributed by atoms with E-state index in [-0.39, 0.29) is 17.2 Å². The molecule has 0 fully saturated rings. The molecule has 0 saturated carbocycles. The van der Waals surface area contributed by atoms with Crippen LogP contribution in [0.2, 0.25) is 5.02 Å². The van der Waals surface area contributed by atoms with Crippen LogP contribution in [0.3, 0.4) is 0 Å². The summed E-state index contributed by atoms with van der Waals surface area (Å²) in [7, 11) is 0. The van der Waals surface area contributed by atoms with Crippen molar-refractivity contribution in [1.82, 2.24) is 0 Å². The molecule has 1 heterocycles. The summed E-state index contributed by atoms with van der Waals surface area (Å²) in [4.78, 5) is 16.0. The van der Waals surface area contributed by atoms with E-state index in [4.69, 9.17) is 16.3 Å². The Morgan fingerprint density at radius 3 is 2.77 bits per heavy atom. The molecule has 0 amide bonds. The highest BCUT2D eigenvalue weighted by Gasteiger charge is 2.26. The van der Waals surface area contributed by atoms with E-state index in [0.717, 1.165) is 3.57 Å². The molecule has 0 spiro atoms. The smallest absolute Gasteiger partial charge is 0.363 e. The molecule has 0 saturated heterocycles. The summed E-state index contributed by atoms with van der Waals surface area (Å²) in [6.45, 7) is 0. The minimum absolute atomic E-state index is 0.0371. The van der Waals surface area contributed by atoms with Crippen LogP contribution < -0.4 is 0 Å². The van der Waals surface area contributed by atoms with Crippen LogP contribution >= 0.6 is 34.2 Å². The molecule has 2 aromatic carbocycles. The van der Waals surface area contributed by atoms with Crippen LogP contribution in [0.5, 0.6) is 0 Å².